The van der Waals surface area contributed by atoms with Crippen molar-refractivity contribution in [3.8, 4) is 0 Å². The number of halogens is 1. The van der Waals surface area contributed by atoms with Crippen LogP contribution in [-0.4, -0.2) is 12.7 Å². The highest BCUT2D eigenvalue weighted by Gasteiger charge is 2.17. The third-order valence-corrected chi connectivity index (χ3v) is 3.85. The molecule has 0 amide bonds. The van der Waals surface area contributed by atoms with Crippen LogP contribution in [0, 0.1) is 0 Å². The standard InChI is InChI=1S/C13H18BrNO/c14-12-6-2-1-5-11(12)13(15)8-7-10-4-3-9-16-10/h1-2,5-6,10,13H,3-4,7-9,15H2. The second kappa shape index (κ2) is 5.80. The van der Waals surface area contributed by atoms with Gasteiger partial charge in [0.1, 0.15) is 0 Å². The van der Waals surface area contributed by atoms with E-state index in [9.17, 15) is 0 Å². The Morgan fingerprint density at radius 1 is 1.44 bits per heavy atom. The average Bonchev–Trinajstić information content (AvgIpc) is 2.79. The van der Waals surface area contributed by atoms with Crippen LogP contribution in [0.15, 0.2) is 28.7 Å². The molecule has 0 aliphatic carbocycles. The van der Waals surface area contributed by atoms with Crippen molar-refractivity contribution < 1.29 is 4.74 Å². The fraction of sp³-hybridized carbons (Fsp3) is 0.538. The van der Waals surface area contributed by atoms with Crippen LogP contribution in [0.4, 0.5) is 0 Å². The van der Waals surface area contributed by atoms with Gasteiger partial charge in [-0.1, -0.05) is 34.1 Å². The smallest absolute Gasteiger partial charge is 0.0576 e. The Bertz CT molecular complexity index is 336. The zero-order chi connectivity index (χ0) is 11.4. The van der Waals surface area contributed by atoms with Crippen molar-refractivity contribution in [3.63, 3.8) is 0 Å². The zero-order valence-corrected chi connectivity index (χ0v) is 10.9. The van der Waals surface area contributed by atoms with Gasteiger partial charge in [0.05, 0.1) is 6.10 Å². The number of ether oxygens (including phenoxy) is 1. The molecule has 2 rings (SSSR count). The first kappa shape index (κ1) is 12.1. The lowest BCUT2D eigenvalue weighted by molar-refractivity contribution is 0.101. The minimum atomic E-state index is 0.111. The summed E-state index contributed by atoms with van der Waals surface area (Å²) < 4.78 is 6.71. The number of nitrogens with two attached hydrogens (primary N) is 1. The largest absolute Gasteiger partial charge is 0.378 e. The highest BCUT2D eigenvalue weighted by Crippen LogP contribution is 2.26. The topological polar surface area (TPSA) is 35.2 Å². The summed E-state index contributed by atoms with van der Waals surface area (Å²) in [4.78, 5) is 0. The Balaban J connectivity index is 1.87. The van der Waals surface area contributed by atoms with Gasteiger partial charge in [0.2, 0.25) is 0 Å². The number of rotatable bonds is 4. The molecule has 1 heterocycles. The molecule has 0 saturated carbocycles. The summed E-state index contributed by atoms with van der Waals surface area (Å²) in [5, 5.41) is 0. The molecule has 1 aromatic carbocycles. The molecule has 2 atom stereocenters. The van der Waals surface area contributed by atoms with E-state index in [1.807, 2.05) is 18.2 Å². The molecule has 1 fully saturated rings. The van der Waals surface area contributed by atoms with Crippen molar-refractivity contribution in [2.45, 2.75) is 37.8 Å². The second-order valence-corrected chi connectivity index (χ2v) is 5.19. The molecule has 3 heteroatoms. The average molecular weight is 284 g/mol. The van der Waals surface area contributed by atoms with Crippen LogP contribution < -0.4 is 5.73 Å². The lowest BCUT2D eigenvalue weighted by Gasteiger charge is -2.16. The minimum Gasteiger partial charge on any atom is -0.378 e. The summed E-state index contributed by atoms with van der Waals surface area (Å²) in [7, 11) is 0. The van der Waals surface area contributed by atoms with Crippen LogP contribution in [0.5, 0.6) is 0 Å². The van der Waals surface area contributed by atoms with Crippen LogP contribution in [-0.2, 0) is 4.74 Å². The molecule has 0 aromatic heterocycles. The maximum atomic E-state index is 6.19. The van der Waals surface area contributed by atoms with Gasteiger partial charge in [0.15, 0.2) is 0 Å². The molecular formula is C13H18BrNO. The fourth-order valence-corrected chi connectivity index (χ4v) is 2.75. The normalized spacial score (nSPS) is 22.2. The Labute approximate surface area is 105 Å². The van der Waals surface area contributed by atoms with Crippen LogP contribution >= 0.6 is 15.9 Å². The van der Waals surface area contributed by atoms with Crippen molar-refractivity contribution in [2.24, 2.45) is 5.73 Å². The highest BCUT2D eigenvalue weighted by molar-refractivity contribution is 9.10. The van der Waals surface area contributed by atoms with Gasteiger partial charge in [-0.2, -0.15) is 0 Å². The van der Waals surface area contributed by atoms with E-state index < -0.39 is 0 Å². The highest BCUT2D eigenvalue weighted by atomic mass is 79.9. The predicted octanol–water partition coefficient (Wildman–Crippen LogP) is 3.41. The van der Waals surface area contributed by atoms with E-state index >= 15 is 0 Å². The van der Waals surface area contributed by atoms with Crippen LogP contribution in [0.2, 0.25) is 0 Å². The Hall–Kier alpha value is -0.380. The van der Waals surface area contributed by atoms with Gasteiger partial charge >= 0.3 is 0 Å². The van der Waals surface area contributed by atoms with Gasteiger partial charge < -0.3 is 10.5 Å². The number of benzene rings is 1. The first-order valence-electron chi connectivity index (χ1n) is 5.89. The van der Waals surface area contributed by atoms with Crippen LogP contribution in [0.1, 0.15) is 37.3 Å². The number of hydrogen-bond acceptors (Lipinski definition) is 2. The van der Waals surface area contributed by atoms with E-state index in [-0.39, 0.29) is 6.04 Å². The van der Waals surface area contributed by atoms with Crippen molar-refractivity contribution in [1.82, 2.24) is 0 Å². The molecule has 16 heavy (non-hydrogen) atoms. The molecule has 1 aromatic rings. The van der Waals surface area contributed by atoms with Crippen molar-refractivity contribution in [1.29, 1.82) is 0 Å². The second-order valence-electron chi connectivity index (χ2n) is 4.34. The molecule has 88 valence electrons. The monoisotopic (exact) mass is 283 g/mol. The molecular weight excluding hydrogens is 266 g/mol. The first-order chi connectivity index (χ1) is 7.77. The molecule has 2 unspecified atom stereocenters. The van der Waals surface area contributed by atoms with E-state index in [1.165, 1.54) is 18.4 Å². The fourth-order valence-electron chi connectivity index (χ4n) is 2.17. The van der Waals surface area contributed by atoms with Gasteiger partial charge in [-0.25, -0.2) is 0 Å². The zero-order valence-electron chi connectivity index (χ0n) is 9.36. The molecule has 0 bridgehead atoms. The van der Waals surface area contributed by atoms with Gasteiger partial charge in [-0.05, 0) is 37.3 Å². The lowest BCUT2D eigenvalue weighted by atomic mass is 10.0. The molecule has 1 aliphatic heterocycles. The summed E-state index contributed by atoms with van der Waals surface area (Å²) in [5.74, 6) is 0. The van der Waals surface area contributed by atoms with Crippen molar-refractivity contribution >= 4 is 15.9 Å². The summed E-state index contributed by atoms with van der Waals surface area (Å²) >= 11 is 3.54. The Kier molecular flexibility index (Phi) is 4.38. The minimum absolute atomic E-state index is 0.111. The molecule has 2 N–H and O–H groups in total. The lowest BCUT2D eigenvalue weighted by Crippen LogP contribution is -2.14. The van der Waals surface area contributed by atoms with E-state index in [4.69, 9.17) is 10.5 Å². The van der Waals surface area contributed by atoms with E-state index in [0.717, 1.165) is 23.9 Å². The molecule has 0 radical (unpaired) electrons. The summed E-state index contributed by atoms with van der Waals surface area (Å²) in [6, 6.07) is 8.29. The third-order valence-electron chi connectivity index (χ3n) is 3.13. The third kappa shape index (κ3) is 3.06. The SMILES string of the molecule is NC(CCC1CCCO1)c1ccccc1Br. The van der Waals surface area contributed by atoms with Crippen LogP contribution in [0.3, 0.4) is 0 Å². The van der Waals surface area contributed by atoms with Gasteiger partial charge in [0, 0.05) is 17.1 Å². The maximum absolute atomic E-state index is 6.19. The van der Waals surface area contributed by atoms with E-state index in [0.29, 0.717) is 6.10 Å². The molecule has 1 aliphatic rings. The summed E-state index contributed by atoms with van der Waals surface area (Å²) in [6.45, 7) is 0.926. The summed E-state index contributed by atoms with van der Waals surface area (Å²) in [5.41, 5.74) is 7.38. The summed E-state index contributed by atoms with van der Waals surface area (Å²) in [6.07, 6.45) is 4.90. The molecule has 0 spiro atoms. The van der Waals surface area contributed by atoms with E-state index in [2.05, 4.69) is 22.0 Å². The first-order valence-corrected chi connectivity index (χ1v) is 6.68. The van der Waals surface area contributed by atoms with Gasteiger partial charge in [-0.3, -0.25) is 0 Å². The maximum Gasteiger partial charge on any atom is 0.0576 e. The Morgan fingerprint density at radius 3 is 2.94 bits per heavy atom. The Morgan fingerprint density at radius 2 is 2.25 bits per heavy atom. The molecule has 1 saturated heterocycles. The van der Waals surface area contributed by atoms with Gasteiger partial charge in [-0.15, -0.1) is 0 Å². The van der Waals surface area contributed by atoms with E-state index in [1.54, 1.807) is 0 Å². The predicted molar refractivity (Wildman–Crippen MR) is 69.3 cm³/mol. The quantitative estimate of drug-likeness (QED) is 0.919. The van der Waals surface area contributed by atoms with Crippen molar-refractivity contribution in [2.75, 3.05) is 6.61 Å². The number of hydrogen-bond donors (Lipinski definition) is 1. The van der Waals surface area contributed by atoms with Crippen LogP contribution in [0.25, 0.3) is 0 Å². The van der Waals surface area contributed by atoms with Gasteiger partial charge in [0.25, 0.3) is 0 Å². The van der Waals surface area contributed by atoms with Crippen molar-refractivity contribution in [3.05, 3.63) is 34.3 Å². The molecule has 2 nitrogen and oxygen atoms in total.